The molecule has 2 aromatic rings. The Morgan fingerprint density at radius 3 is 3.00 bits per heavy atom. The molecular weight excluding hydrogens is 236 g/mol. The Labute approximate surface area is 113 Å². The lowest BCUT2D eigenvalue weighted by atomic mass is 9.72. The average Bonchev–Trinajstić information content (AvgIpc) is 2.80. The number of fused-ring (bicyclic) bond motifs is 1. The lowest BCUT2D eigenvalue weighted by molar-refractivity contribution is 0.385. The van der Waals surface area contributed by atoms with E-state index in [4.69, 9.17) is 5.84 Å². The van der Waals surface area contributed by atoms with Crippen LogP contribution < -0.4 is 11.3 Å². The zero-order valence-corrected chi connectivity index (χ0v) is 11.2. The van der Waals surface area contributed by atoms with Gasteiger partial charge in [-0.3, -0.25) is 16.0 Å². The molecule has 1 aromatic heterocycles. The molecule has 3 N–H and O–H groups in total. The summed E-state index contributed by atoms with van der Waals surface area (Å²) in [6.07, 6.45) is 7.20. The van der Waals surface area contributed by atoms with Gasteiger partial charge in [0, 0.05) is 25.2 Å². The molecule has 4 nitrogen and oxygen atoms in total. The van der Waals surface area contributed by atoms with Crippen molar-refractivity contribution in [2.75, 3.05) is 0 Å². The van der Waals surface area contributed by atoms with Crippen molar-refractivity contribution >= 4 is 0 Å². The van der Waals surface area contributed by atoms with Crippen molar-refractivity contribution in [1.29, 1.82) is 0 Å². The normalized spacial score (nSPS) is 18.7. The van der Waals surface area contributed by atoms with Gasteiger partial charge in [0.05, 0.1) is 6.20 Å². The number of aromatic nitrogens is 2. The first-order valence-corrected chi connectivity index (χ1v) is 6.79. The summed E-state index contributed by atoms with van der Waals surface area (Å²) in [6, 6.07) is 8.99. The van der Waals surface area contributed by atoms with Gasteiger partial charge in [-0.2, -0.15) is 5.10 Å². The Morgan fingerprint density at radius 1 is 1.47 bits per heavy atom. The molecule has 2 atom stereocenters. The second-order valence-corrected chi connectivity index (χ2v) is 5.34. The van der Waals surface area contributed by atoms with E-state index in [1.165, 1.54) is 16.7 Å². The van der Waals surface area contributed by atoms with E-state index in [0.29, 0.717) is 12.0 Å². The number of nitrogens with two attached hydrogens (primary N) is 1. The van der Waals surface area contributed by atoms with Crippen LogP contribution >= 0.6 is 0 Å². The molecule has 4 heteroatoms. The number of nitrogens with zero attached hydrogens (tertiary/aromatic N) is 2. The van der Waals surface area contributed by atoms with Crippen LogP contribution in [0.5, 0.6) is 0 Å². The molecule has 0 saturated heterocycles. The standard InChI is InChI=1S/C15H20N4/c1-19-10-11(9-17-19)6-7-15(18-16)14-8-12-4-2-3-5-13(12)14/h2-5,9-10,14-15,18H,6-8,16H2,1H3. The fourth-order valence-corrected chi connectivity index (χ4v) is 2.98. The molecule has 0 bridgehead atoms. The smallest absolute Gasteiger partial charge is 0.0521 e. The molecule has 100 valence electrons. The van der Waals surface area contributed by atoms with E-state index < -0.39 is 0 Å². The monoisotopic (exact) mass is 256 g/mol. The summed E-state index contributed by atoms with van der Waals surface area (Å²) >= 11 is 0. The summed E-state index contributed by atoms with van der Waals surface area (Å²) in [5.74, 6) is 6.29. The van der Waals surface area contributed by atoms with E-state index in [9.17, 15) is 0 Å². The largest absolute Gasteiger partial charge is 0.276 e. The molecule has 0 saturated carbocycles. The van der Waals surface area contributed by atoms with E-state index >= 15 is 0 Å². The molecule has 3 rings (SSSR count). The highest BCUT2D eigenvalue weighted by Crippen LogP contribution is 2.38. The van der Waals surface area contributed by atoms with Crippen molar-refractivity contribution < 1.29 is 0 Å². The maximum absolute atomic E-state index is 5.74. The van der Waals surface area contributed by atoms with Crippen molar-refractivity contribution in [3.8, 4) is 0 Å². The van der Waals surface area contributed by atoms with Crippen LogP contribution in [0, 0.1) is 0 Å². The van der Waals surface area contributed by atoms with Crippen molar-refractivity contribution in [3.63, 3.8) is 0 Å². The molecule has 19 heavy (non-hydrogen) atoms. The molecule has 1 aliphatic rings. The molecule has 1 heterocycles. The van der Waals surface area contributed by atoms with Gasteiger partial charge in [-0.15, -0.1) is 0 Å². The SMILES string of the molecule is Cn1cc(CCC(NN)C2Cc3ccccc32)cn1. The molecule has 1 aromatic carbocycles. The zero-order valence-electron chi connectivity index (χ0n) is 11.2. The van der Waals surface area contributed by atoms with E-state index in [2.05, 4.69) is 41.0 Å². The first kappa shape index (κ1) is 12.4. The van der Waals surface area contributed by atoms with Gasteiger partial charge in [0.2, 0.25) is 0 Å². The Morgan fingerprint density at radius 2 is 2.32 bits per heavy atom. The molecular formula is C15H20N4. The number of hydrogen-bond acceptors (Lipinski definition) is 3. The summed E-state index contributed by atoms with van der Waals surface area (Å²) in [5, 5.41) is 4.20. The minimum absolute atomic E-state index is 0.343. The lowest BCUT2D eigenvalue weighted by Gasteiger charge is -2.36. The minimum Gasteiger partial charge on any atom is -0.276 e. The molecule has 0 radical (unpaired) electrons. The Bertz CT molecular complexity index is 561. The number of benzene rings is 1. The highest BCUT2D eigenvalue weighted by atomic mass is 15.2. The third-order valence-corrected chi connectivity index (χ3v) is 4.10. The number of hydrogen-bond donors (Lipinski definition) is 2. The molecule has 0 spiro atoms. The van der Waals surface area contributed by atoms with Crippen molar-refractivity contribution in [2.24, 2.45) is 12.9 Å². The van der Waals surface area contributed by atoms with Crippen LogP contribution in [-0.2, 0) is 19.9 Å². The second-order valence-electron chi connectivity index (χ2n) is 5.34. The fourth-order valence-electron chi connectivity index (χ4n) is 2.98. The van der Waals surface area contributed by atoms with Crippen LogP contribution in [0.25, 0.3) is 0 Å². The fraction of sp³-hybridized carbons (Fsp3) is 0.400. The van der Waals surface area contributed by atoms with Gasteiger partial charge in [0.1, 0.15) is 0 Å². The van der Waals surface area contributed by atoms with Crippen LogP contribution in [0.2, 0.25) is 0 Å². The third kappa shape index (κ3) is 2.41. The highest BCUT2D eigenvalue weighted by molar-refractivity contribution is 5.41. The summed E-state index contributed by atoms with van der Waals surface area (Å²) < 4.78 is 1.85. The maximum atomic E-state index is 5.74. The van der Waals surface area contributed by atoms with Gasteiger partial charge in [-0.05, 0) is 36.0 Å². The summed E-state index contributed by atoms with van der Waals surface area (Å²) in [4.78, 5) is 0. The topological polar surface area (TPSA) is 55.9 Å². The Hall–Kier alpha value is -1.65. The summed E-state index contributed by atoms with van der Waals surface area (Å²) in [7, 11) is 1.95. The number of rotatable bonds is 5. The molecule has 0 fully saturated rings. The quantitative estimate of drug-likeness (QED) is 0.630. The highest BCUT2D eigenvalue weighted by Gasteiger charge is 2.31. The van der Waals surface area contributed by atoms with Gasteiger partial charge >= 0.3 is 0 Å². The van der Waals surface area contributed by atoms with Gasteiger partial charge in [-0.1, -0.05) is 24.3 Å². The number of hydrazine groups is 1. The van der Waals surface area contributed by atoms with Crippen LogP contribution in [-0.4, -0.2) is 15.8 Å². The van der Waals surface area contributed by atoms with Crippen LogP contribution in [0.15, 0.2) is 36.7 Å². The van der Waals surface area contributed by atoms with E-state index in [-0.39, 0.29) is 0 Å². The predicted molar refractivity (Wildman–Crippen MR) is 75.5 cm³/mol. The summed E-state index contributed by atoms with van der Waals surface area (Å²) in [5.41, 5.74) is 7.19. The van der Waals surface area contributed by atoms with Crippen LogP contribution in [0.1, 0.15) is 29.0 Å². The van der Waals surface area contributed by atoms with Crippen molar-refractivity contribution in [2.45, 2.75) is 31.2 Å². The Balaban J connectivity index is 1.63. The predicted octanol–water partition coefficient (Wildman–Crippen LogP) is 1.52. The van der Waals surface area contributed by atoms with Crippen molar-refractivity contribution in [1.82, 2.24) is 15.2 Å². The Kier molecular flexibility index (Phi) is 3.36. The average molecular weight is 256 g/mol. The van der Waals surface area contributed by atoms with Crippen LogP contribution in [0.3, 0.4) is 0 Å². The van der Waals surface area contributed by atoms with Gasteiger partial charge in [0.25, 0.3) is 0 Å². The molecule has 0 amide bonds. The number of nitrogens with one attached hydrogen (secondary N) is 1. The van der Waals surface area contributed by atoms with Gasteiger partial charge in [-0.25, -0.2) is 0 Å². The van der Waals surface area contributed by atoms with Crippen LogP contribution in [0.4, 0.5) is 0 Å². The first-order valence-electron chi connectivity index (χ1n) is 6.79. The zero-order chi connectivity index (χ0) is 13.2. The maximum Gasteiger partial charge on any atom is 0.0521 e. The lowest BCUT2D eigenvalue weighted by Crippen LogP contribution is -2.44. The van der Waals surface area contributed by atoms with Gasteiger partial charge < -0.3 is 0 Å². The first-order chi connectivity index (χ1) is 9.28. The second kappa shape index (κ2) is 5.15. The van der Waals surface area contributed by atoms with Gasteiger partial charge in [0.15, 0.2) is 0 Å². The van der Waals surface area contributed by atoms with E-state index in [1.54, 1.807) is 0 Å². The summed E-state index contributed by atoms with van der Waals surface area (Å²) in [6.45, 7) is 0. The molecule has 2 unspecified atom stereocenters. The van der Waals surface area contributed by atoms with E-state index in [0.717, 1.165) is 19.3 Å². The minimum atomic E-state index is 0.343. The third-order valence-electron chi connectivity index (χ3n) is 4.10. The number of aryl methyl sites for hydroxylation is 2. The molecule has 0 aliphatic heterocycles. The van der Waals surface area contributed by atoms with Crippen molar-refractivity contribution in [3.05, 3.63) is 53.3 Å². The van der Waals surface area contributed by atoms with E-state index in [1.807, 2.05) is 17.9 Å². The molecule has 1 aliphatic carbocycles.